The van der Waals surface area contributed by atoms with E-state index < -0.39 is 0 Å². The molecule has 0 aliphatic carbocycles. The number of amides is 2. The van der Waals surface area contributed by atoms with Crippen LogP contribution in [0, 0.1) is 0 Å². The van der Waals surface area contributed by atoms with E-state index in [4.69, 9.17) is 4.74 Å². The van der Waals surface area contributed by atoms with E-state index in [1.165, 1.54) is 7.11 Å². The molecule has 1 rings (SSSR count). The van der Waals surface area contributed by atoms with E-state index in [-0.39, 0.29) is 18.2 Å². The molecule has 98 valence electrons. The second-order valence-corrected chi connectivity index (χ2v) is 4.00. The van der Waals surface area contributed by atoms with Gasteiger partial charge in [0.15, 0.2) is 0 Å². The molecule has 0 spiro atoms. The SMILES string of the molecule is CCOC(=O)N1CCC(N(C)C(=O)OC)CC1. The fourth-order valence-corrected chi connectivity index (χ4v) is 1.94. The Morgan fingerprint density at radius 2 is 1.94 bits per heavy atom. The summed E-state index contributed by atoms with van der Waals surface area (Å²) in [5, 5.41) is 0. The summed E-state index contributed by atoms with van der Waals surface area (Å²) in [4.78, 5) is 26.0. The minimum Gasteiger partial charge on any atom is -0.453 e. The van der Waals surface area contributed by atoms with Crippen molar-refractivity contribution in [3.05, 3.63) is 0 Å². The molecule has 17 heavy (non-hydrogen) atoms. The van der Waals surface area contributed by atoms with Gasteiger partial charge in [-0.15, -0.1) is 0 Å². The Bertz CT molecular complexity index is 275. The fourth-order valence-electron chi connectivity index (χ4n) is 1.94. The quantitative estimate of drug-likeness (QED) is 0.734. The van der Waals surface area contributed by atoms with Crippen LogP contribution in [0.3, 0.4) is 0 Å². The molecule has 6 heteroatoms. The van der Waals surface area contributed by atoms with Gasteiger partial charge in [0.05, 0.1) is 13.7 Å². The zero-order valence-corrected chi connectivity index (χ0v) is 10.6. The summed E-state index contributed by atoms with van der Waals surface area (Å²) < 4.78 is 9.59. The molecule has 1 aliphatic heterocycles. The second kappa shape index (κ2) is 6.32. The highest BCUT2D eigenvalue weighted by Crippen LogP contribution is 2.16. The molecule has 1 heterocycles. The Hall–Kier alpha value is -1.46. The minimum absolute atomic E-state index is 0.133. The Morgan fingerprint density at radius 3 is 2.41 bits per heavy atom. The van der Waals surface area contributed by atoms with Crippen LogP contribution in [0.1, 0.15) is 19.8 Å². The molecule has 1 fully saturated rings. The molecule has 0 saturated carbocycles. The van der Waals surface area contributed by atoms with Crippen molar-refractivity contribution in [1.82, 2.24) is 9.80 Å². The lowest BCUT2D eigenvalue weighted by molar-refractivity contribution is 0.0737. The molecule has 0 aromatic rings. The molecule has 2 amide bonds. The molecular formula is C11H20N2O4. The van der Waals surface area contributed by atoms with Crippen molar-refractivity contribution in [3.8, 4) is 0 Å². The number of carbonyl (C=O) groups excluding carboxylic acids is 2. The summed E-state index contributed by atoms with van der Waals surface area (Å²) >= 11 is 0. The summed E-state index contributed by atoms with van der Waals surface area (Å²) in [7, 11) is 3.09. The van der Waals surface area contributed by atoms with E-state index >= 15 is 0 Å². The maximum Gasteiger partial charge on any atom is 0.409 e. The van der Waals surface area contributed by atoms with Crippen LogP contribution >= 0.6 is 0 Å². The van der Waals surface area contributed by atoms with E-state index in [2.05, 4.69) is 4.74 Å². The van der Waals surface area contributed by atoms with Crippen molar-refractivity contribution in [3.63, 3.8) is 0 Å². The first kappa shape index (κ1) is 13.6. The van der Waals surface area contributed by atoms with Gasteiger partial charge in [0.2, 0.25) is 0 Å². The standard InChI is InChI=1S/C11H20N2O4/c1-4-17-11(15)13-7-5-9(6-8-13)12(2)10(14)16-3/h9H,4-8H2,1-3H3. The van der Waals surface area contributed by atoms with Gasteiger partial charge in [-0.2, -0.15) is 0 Å². The molecule has 6 nitrogen and oxygen atoms in total. The predicted molar refractivity (Wildman–Crippen MR) is 61.8 cm³/mol. The number of rotatable bonds is 2. The van der Waals surface area contributed by atoms with Crippen molar-refractivity contribution in [2.24, 2.45) is 0 Å². The topological polar surface area (TPSA) is 59.1 Å². The van der Waals surface area contributed by atoms with E-state index in [0.29, 0.717) is 19.7 Å². The number of piperidine rings is 1. The highest BCUT2D eigenvalue weighted by molar-refractivity contribution is 5.68. The Balaban J connectivity index is 2.40. The Labute approximate surface area is 101 Å². The number of carbonyl (C=O) groups is 2. The van der Waals surface area contributed by atoms with Crippen LogP contribution in [0.5, 0.6) is 0 Å². The van der Waals surface area contributed by atoms with Gasteiger partial charge in [0.1, 0.15) is 0 Å². The van der Waals surface area contributed by atoms with Gasteiger partial charge in [0, 0.05) is 26.2 Å². The molecule has 0 aromatic carbocycles. The van der Waals surface area contributed by atoms with Gasteiger partial charge in [0.25, 0.3) is 0 Å². The maximum atomic E-state index is 11.5. The van der Waals surface area contributed by atoms with Crippen LogP contribution in [0.15, 0.2) is 0 Å². The second-order valence-electron chi connectivity index (χ2n) is 4.00. The lowest BCUT2D eigenvalue weighted by Crippen LogP contribution is -2.47. The predicted octanol–water partition coefficient (Wildman–Crippen LogP) is 1.31. The molecule has 0 radical (unpaired) electrons. The average Bonchev–Trinajstić information content (AvgIpc) is 2.37. The van der Waals surface area contributed by atoms with Crippen LogP contribution in [0.4, 0.5) is 9.59 Å². The number of nitrogens with zero attached hydrogens (tertiary/aromatic N) is 2. The number of methoxy groups -OCH3 is 1. The number of hydrogen-bond acceptors (Lipinski definition) is 4. The zero-order valence-electron chi connectivity index (χ0n) is 10.6. The highest BCUT2D eigenvalue weighted by Gasteiger charge is 2.28. The molecular weight excluding hydrogens is 224 g/mol. The number of ether oxygens (including phenoxy) is 2. The van der Waals surface area contributed by atoms with Gasteiger partial charge in [-0.05, 0) is 19.8 Å². The summed E-state index contributed by atoms with van der Waals surface area (Å²) in [5.41, 5.74) is 0. The summed E-state index contributed by atoms with van der Waals surface area (Å²) in [6, 6.07) is 0.133. The molecule has 0 aromatic heterocycles. The lowest BCUT2D eigenvalue weighted by Gasteiger charge is -2.35. The van der Waals surface area contributed by atoms with Crippen molar-refractivity contribution in [1.29, 1.82) is 0 Å². The third-order valence-electron chi connectivity index (χ3n) is 3.00. The van der Waals surface area contributed by atoms with Gasteiger partial charge < -0.3 is 19.3 Å². The van der Waals surface area contributed by atoms with Gasteiger partial charge >= 0.3 is 12.2 Å². The molecule has 1 saturated heterocycles. The monoisotopic (exact) mass is 244 g/mol. The van der Waals surface area contributed by atoms with Crippen molar-refractivity contribution < 1.29 is 19.1 Å². The summed E-state index contributed by atoms with van der Waals surface area (Å²) in [5.74, 6) is 0. The summed E-state index contributed by atoms with van der Waals surface area (Å²) in [6.45, 7) is 3.41. The summed E-state index contributed by atoms with van der Waals surface area (Å²) in [6.07, 6.45) is 0.903. The van der Waals surface area contributed by atoms with E-state index in [1.54, 1.807) is 23.8 Å². The largest absolute Gasteiger partial charge is 0.453 e. The van der Waals surface area contributed by atoms with Crippen molar-refractivity contribution >= 4 is 12.2 Å². The highest BCUT2D eigenvalue weighted by atomic mass is 16.6. The lowest BCUT2D eigenvalue weighted by atomic mass is 10.0. The molecule has 0 atom stereocenters. The first-order valence-electron chi connectivity index (χ1n) is 5.82. The van der Waals surface area contributed by atoms with E-state index in [1.807, 2.05) is 0 Å². The molecule has 0 N–H and O–H groups in total. The number of likely N-dealkylation sites (tertiary alicyclic amines) is 1. The first-order valence-corrected chi connectivity index (χ1v) is 5.82. The van der Waals surface area contributed by atoms with Crippen molar-refractivity contribution in [2.75, 3.05) is 33.9 Å². The van der Waals surface area contributed by atoms with Crippen LogP contribution in [0.2, 0.25) is 0 Å². The van der Waals surface area contributed by atoms with Crippen LogP contribution in [0.25, 0.3) is 0 Å². The van der Waals surface area contributed by atoms with Crippen molar-refractivity contribution in [2.45, 2.75) is 25.8 Å². The van der Waals surface area contributed by atoms with Gasteiger partial charge in [-0.25, -0.2) is 9.59 Å². The van der Waals surface area contributed by atoms with Crippen LogP contribution in [-0.2, 0) is 9.47 Å². The van der Waals surface area contributed by atoms with E-state index in [0.717, 1.165) is 12.8 Å². The third kappa shape index (κ3) is 3.51. The van der Waals surface area contributed by atoms with E-state index in [9.17, 15) is 9.59 Å². The third-order valence-corrected chi connectivity index (χ3v) is 3.00. The van der Waals surface area contributed by atoms with Gasteiger partial charge in [-0.3, -0.25) is 0 Å². The first-order chi connectivity index (χ1) is 8.10. The van der Waals surface area contributed by atoms with Crippen LogP contribution in [-0.4, -0.2) is 61.9 Å². The van der Waals surface area contributed by atoms with Gasteiger partial charge in [-0.1, -0.05) is 0 Å². The molecule has 0 unspecified atom stereocenters. The zero-order chi connectivity index (χ0) is 12.8. The normalized spacial score (nSPS) is 16.5. The maximum absolute atomic E-state index is 11.5. The Kier molecular flexibility index (Phi) is 5.06. The molecule has 1 aliphatic rings. The average molecular weight is 244 g/mol. The smallest absolute Gasteiger partial charge is 0.409 e. The fraction of sp³-hybridized carbons (Fsp3) is 0.818. The Morgan fingerprint density at radius 1 is 1.35 bits per heavy atom. The van der Waals surface area contributed by atoms with Crippen LogP contribution < -0.4 is 0 Å². The minimum atomic E-state index is -0.334. The molecule has 0 bridgehead atoms. The number of hydrogen-bond donors (Lipinski definition) is 0.